The second kappa shape index (κ2) is 5.18. The Kier molecular flexibility index (Phi) is 3.77. The van der Waals surface area contributed by atoms with Gasteiger partial charge in [0.1, 0.15) is 5.75 Å². The van der Waals surface area contributed by atoms with Gasteiger partial charge in [0.15, 0.2) is 9.84 Å². The minimum Gasteiger partial charge on any atom is -0.493 e. The van der Waals surface area contributed by atoms with Crippen molar-refractivity contribution in [3.63, 3.8) is 0 Å². The molecule has 1 aromatic rings. The van der Waals surface area contributed by atoms with E-state index in [1.54, 1.807) is 6.07 Å². The fourth-order valence-electron chi connectivity index (χ4n) is 2.10. The summed E-state index contributed by atoms with van der Waals surface area (Å²) in [5, 5.41) is 8.82. The number of hydrogen-bond donors (Lipinski definition) is 2. The maximum Gasteiger partial charge on any atom is 0.304 e. The van der Waals surface area contributed by atoms with Crippen LogP contribution in [0.2, 0.25) is 0 Å². The third kappa shape index (κ3) is 2.87. The van der Waals surface area contributed by atoms with E-state index in [0.29, 0.717) is 11.3 Å². The van der Waals surface area contributed by atoms with Crippen molar-refractivity contribution in [1.82, 2.24) is 0 Å². The molecule has 0 bridgehead atoms. The number of rotatable bonds is 5. The van der Waals surface area contributed by atoms with Gasteiger partial charge in [0.05, 0.1) is 23.7 Å². The average molecular weight is 285 g/mol. The lowest BCUT2D eigenvalue weighted by Crippen LogP contribution is -2.16. The summed E-state index contributed by atoms with van der Waals surface area (Å²) in [5.74, 6) is -0.814. The molecular weight excluding hydrogens is 270 g/mol. The molecule has 0 aromatic heterocycles. The van der Waals surface area contributed by atoms with E-state index < -0.39 is 15.8 Å². The van der Waals surface area contributed by atoms with E-state index in [1.165, 1.54) is 12.1 Å². The van der Waals surface area contributed by atoms with Gasteiger partial charge < -0.3 is 15.6 Å². The Morgan fingerprint density at radius 1 is 1.47 bits per heavy atom. The van der Waals surface area contributed by atoms with Crippen LogP contribution >= 0.6 is 0 Å². The van der Waals surface area contributed by atoms with E-state index >= 15 is 0 Å². The lowest BCUT2D eigenvalue weighted by atomic mass is 9.98. The molecule has 0 fully saturated rings. The van der Waals surface area contributed by atoms with Crippen molar-refractivity contribution in [2.24, 2.45) is 5.73 Å². The number of carbonyl (C=O) groups is 1. The Hall–Kier alpha value is -1.60. The van der Waals surface area contributed by atoms with Crippen LogP contribution in [-0.2, 0) is 14.6 Å². The highest BCUT2D eigenvalue weighted by molar-refractivity contribution is 7.91. The number of sulfone groups is 1. The molecule has 1 aromatic carbocycles. The second-order valence-electron chi connectivity index (χ2n) is 4.41. The van der Waals surface area contributed by atoms with E-state index in [2.05, 4.69) is 0 Å². The number of nitrogens with two attached hydrogens (primary N) is 1. The summed E-state index contributed by atoms with van der Waals surface area (Å²) in [6.45, 7) is 0.316. The van der Waals surface area contributed by atoms with Crippen molar-refractivity contribution < 1.29 is 23.1 Å². The first-order valence-corrected chi connectivity index (χ1v) is 7.50. The lowest BCUT2D eigenvalue weighted by Gasteiger charge is -2.08. The number of benzene rings is 1. The van der Waals surface area contributed by atoms with Gasteiger partial charge in [-0.2, -0.15) is 0 Å². The summed E-state index contributed by atoms with van der Waals surface area (Å²) in [5.41, 5.74) is 5.92. The number of hydrogen-bond acceptors (Lipinski definition) is 5. The second-order valence-corrected chi connectivity index (χ2v) is 6.52. The van der Waals surface area contributed by atoms with Crippen molar-refractivity contribution in [3.05, 3.63) is 23.8 Å². The number of carboxylic acid groups (broad SMARTS) is 1. The van der Waals surface area contributed by atoms with Crippen molar-refractivity contribution in [1.29, 1.82) is 0 Å². The smallest absolute Gasteiger partial charge is 0.304 e. The Bertz CT molecular complexity index is 596. The normalized spacial score (nSPS) is 17.8. The molecule has 19 heavy (non-hydrogen) atoms. The maximum absolute atomic E-state index is 11.9. The molecule has 1 heterocycles. The number of aliphatic carboxylic acids is 1. The van der Waals surface area contributed by atoms with Crippen LogP contribution in [-0.4, -0.2) is 38.4 Å². The molecular formula is C12H15NO5S. The van der Waals surface area contributed by atoms with Crippen molar-refractivity contribution in [2.75, 3.05) is 18.9 Å². The van der Waals surface area contributed by atoms with E-state index in [1.807, 2.05) is 0 Å². The van der Waals surface area contributed by atoms with Crippen LogP contribution in [0.4, 0.5) is 0 Å². The molecule has 1 aliphatic rings. The summed E-state index contributed by atoms with van der Waals surface area (Å²) in [6.07, 6.45) is -0.0760. The molecule has 104 valence electrons. The summed E-state index contributed by atoms with van der Waals surface area (Å²) in [6, 6.07) is 4.54. The van der Waals surface area contributed by atoms with Gasteiger partial charge in [-0.3, -0.25) is 4.79 Å². The Labute approximate surface area is 111 Å². The molecule has 1 atom stereocenters. The first-order chi connectivity index (χ1) is 8.94. The Morgan fingerprint density at radius 2 is 2.21 bits per heavy atom. The Morgan fingerprint density at radius 3 is 2.84 bits per heavy atom. The summed E-state index contributed by atoms with van der Waals surface area (Å²) >= 11 is 0. The molecule has 7 heteroatoms. The van der Waals surface area contributed by atoms with Gasteiger partial charge >= 0.3 is 5.97 Å². The van der Waals surface area contributed by atoms with E-state index in [0.717, 1.165) is 0 Å². The molecule has 1 aliphatic heterocycles. The van der Waals surface area contributed by atoms with Crippen LogP contribution in [0, 0.1) is 0 Å². The summed E-state index contributed by atoms with van der Waals surface area (Å²) < 4.78 is 29.2. The maximum atomic E-state index is 11.9. The zero-order valence-electron chi connectivity index (χ0n) is 10.2. The molecule has 0 saturated carbocycles. The fraction of sp³-hybridized carbons (Fsp3) is 0.417. The molecule has 0 spiro atoms. The molecule has 0 amide bonds. The van der Waals surface area contributed by atoms with E-state index in [9.17, 15) is 13.2 Å². The average Bonchev–Trinajstić information content (AvgIpc) is 2.71. The van der Waals surface area contributed by atoms with Crippen LogP contribution in [0.5, 0.6) is 5.75 Å². The van der Waals surface area contributed by atoms with Crippen LogP contribution in [0.1, 0.15) is 17.9 Å². The molecule has 0 radical (unpaired) electrons. The highest BCUT2D eigenvalue weighted by Crippen LogP contribution is 2.37. The van der Waals surface area contributed by atoms with Gasteiger partial charge in [0, 0.05) is 18.0 Å². The van der Waals surface area contributed by atoms with Gasteiger partial charge in [-0.15, -0.1) is 0 Å². The highest BCUT2D eigenvalue weighted by Gasteiger charge is 2.28. The molecule has 2 rings (SSSR count). The summed E-state index contributed by atoms with van der Waals surface area (Å²) in [7, 11) is -3.41. The van der Waals surface area contributed by atoms with Gasteiger partial charge in [0.2, 0.25) is 0 Å². The number of fused-ring (bicyclic) bond motifs is 1. The molecule has 0 saturated heterocycles. The third-order valence-electron chi connectivity index (χ3n) is 3.03. The fourth-order valence-corrected chi connectivity index (χ4v) is 3.23. The minimum absolute atomic E-state index is 0.0501. The van der Waals surface area contributed by atoms with Crippen LogP contribution in [0.15, 0.2) is 23.1 Å². The van der Waals surface area contributed by atoms with Crippen molar-refractivity contribution >= 4 is 15.8 Å². The van der Waals surface area contributed by atoms with Crippen molar-refractivity contribution in [3.8, 4) is 5.75 Å². The van der Waals surface area contributed by atoms with Crippen LogP contribution in [0.25, 0.3) is 0 Å². The minimum atomic E-state index is -3.41. The van der Waals surface area contributed by atoms with E-state index in [4.69, 9.17) is 15.6 Å². The topological polar surface area (TPSA) is 107 Å². The molecule has 0 aliphatic carbocycles. The van der Waals surface area contributed by atoms with E-state index in [-0.39, 0.29) is 36.1 Å². The lowest BCUT2D eigenvalue weighted by molar-refractivity contribution is -0.137. The number of ether oxygens (including phenoxy) is 1. The van der Waals surface area contributed by atoms with Gasteiger partial charge in [-0.05, 0) is 18.2 Å². The Balaban J connectivity index is 2.35. The largest absolute Gasteiger partial charge is 0.493 e. The monoisotopic (exact) mass is 285 g/mol. The molecule has 1 unspecified atom stereocenters. The zero-order chi connectivity index (χ0) is 14.0. The SMILES string of the molecule is NCCS(=O)(=O)c1ccc2c(c1)C(CC(=O)O)CO2. The third-order valence-corrected chi connectivity index (χ3v) is 4.77. The van der Waals surface area contributed by atoms with Gasteiger partial charge in [-0.25, -0.2) is 8.42 Å². The first-order valence-electron chi connectivity index (χ1n) is 5.85. The summed E-state index contributed by atoms with van der Waals surface area (Å²) in [4.78, 5) is 10.9. The molecule has 6 nitrogen and oxygen atoms in total. The van der Waals surface area contributed by atoms with Crippen molar-refractivity contribution in [2.45, 2.75) is 17.2 Å². The number of carboxylic acids is 1. The quantitative estimate of drug-likeness (QED) is 0.809. The van der Waals surface area contributed by atoms with Gasteiger partial charge in [-0.1, -0.05) is 0 Å². The van der Waals surface area contributed by atoms with Crippen LogP contribution < -0.4 is 10.5 Å². The zero-order valence-corrected chi connectivity index (χ0v) is 11.0. The van der Waals surface area contributed by atoms with Gasteiger partial charge in [0.25, 0.3) is 0 Å². The first kappa shape index (κ1) is 13.8. The molecule has 3 N–H and O–H groups in total. The highest BCUT2D eigenvalue weighted by atomic mass is 32.2. The predicted octanol–water partition coefficient (Wildman–Crippen LogP) is 0.370. The van der Waals surface area contributed by atoms with Crippen LogP contribution in [0.3, 0.4) is 0 Å². The predicted molar refractivity (Wildman–Crippen MR) is 68.0 cm³/mol. The standard InChI is InChI=1S/C12H15NO5S/c13-3-4-19(16,17)9-1-2-11-10(6-9)8(7-18-11)5-12(14)15/h1-2,6,8H,3-5,7,13H2,(H,14,15).